The molecule has 134 valence electrons. The van der Waals surface area contributed by atoms with Crippen LogP contribution in [-0.2, 0) is 4.79 Å². The number of pyridine rings is 1. The first kappa shape index (κ1) is 18.2. The van der Waals surface area contributed by atoms with Gasteiger partial charge in [-0.1, -0.05) is 42.7 Å². The maximum absolute atomic E-state index is 12.5. The minimum Gasteiger partial charge on any atom is -0.352 e. The van der Waals surface area contributed by atoms with Gasteiger partial charge in [-0.05, 0) is 63.8 Å². The molecule has 1 atom stereocenters. The maximum atomic E-state index is 12.5. The predicted octanol–water partition coefficient (Wildman–Crippen LogP) is 5.09. The molecule has 0 saturated heterocycles. The van der Waals surface area contributed by atoms with Crippen LogP contribution in [0.25, 0.3) is 10.9 Å². The summed E-state index contributed by atoms with van der Waals surface area (Å²) in [6.45, 7) is 8.33. The summed E-state index contributed by atoms with van der Waals surface area (Å²) in [6.07, 6.45) is 6.01. The van der Waals surface area contributed by atoms with E-state index in [2.05, 4.69) is 44.3 Å². The number of carbonyl (C=O) groups excluding carboxylic acids is 1. The summed E-state index contributed by atoms with van der Waals surface area (Å²) in [5.74, 6) is 0.136. The number of amides is 1. The van der Waals surface area contributed by atoms with Crippen LogP contribution in [0.15, 0.2) is 23.2 Å². The van der Waals surface area contributed by atoms with Crippen molar-refractivity contribution in [3.63, 3.8) is 0 Å². The van der Waals surface area contributed by atoms with E-state index in [1.807, 2.05) is 6.92 Å². The van der Waals surface area contributed by atoms with Crippen LogP contribution in [0.1, 0.15) is 55.7 Å². The molecule has 0 bridgehead atoms. The van der Waals surface area contributed by atoms with E-state index in [4.69, 9.17) is 4.98 Å². The molecule has 3 nitrogen and oxygen atoms in total. The molecule has 25 heavy (non-hydrogen) atoms. The highest BCUT2D eigenvalue weighted by Crippen LogP contribution is 2.29. The largest absolute Gasteiger partial charge is 0.352 e. The van der Waals surface area contributed by atoms with E-state index in [9.17, 15) is 4.79 Å². The van der Waals surface area contributed by atoms with Gasteiger partial charge in [0.25, 0.3) is 0 Å². The molecule has 1 N–H and O–H groups in total. The Hall–Kier alpha value is -1.55. The normalized spacial score (nSPS) is 16.8. The SMILES string of the molecule is Cc1cc(C)c2nc(SC(C)C(=O)NC3CCCCC3)cc(C)c2c1. The van der Waals surface area contributed by atoms with Gasteiger partial charge in [0.2, 0.25) is 5.91 Å². The van der Waals surface area contributed by atoms with E-state index < -0.39 is 0 Å². The van der Waals surface area contributed by atoms with Crippen LogP contribution in [-0.4, -0.2) is 22.2 Å². The number of aromatic nitrogens is 1. The first-order chi connectivity index (χ1) is 11.9. The zero-order valence-corrected chi connectivity index (χ0v) is 16.5. The Bertz CT molecular complexity index is 781. The number of rotatable bonds is 4. The average Bonchev–Trinajstić information content (AvgIpc) is 2.57. The third kappa shape index (κ3) is 4.35. The van der Waals surface area contributed by atoms with E-state index in [1.165, 1.54) is 41.3 Å². The van der Waals surface area contributed by atoms with Crippen molar-refractivity contribution in [3.8, 4) is 0 Å². The Morgan fingerprint density at radius 3 is 2.56 bits per heavy atom. The van der Waals surface area contributed by atoms with Crippen molar-refractivity contribution in [2.24, 2.45) is 0 Å². The first-order valence-corrected chi connectivity index (χ1v) is 10.2. The lowest BCUT2D eigenvalue weighted by molar-refractivity contribution is -0.121. The third-order valence-electron chi connectivity index (χ3n) is 5.05. The van der Waals surface area contributed by atoms with Gasteiger partial charge >= 0.3 is 0 Å². The third-order valence-corrected chi connectivity index (χ3v) is 6.07. The van der Waals surface area contributed by atoms with Crippen molar-refractivity contribution in [1.82, 2.24) is 10.3 Å². The Balaban J connectivity index is 1.74. The molecule has 1 aromatic heterocycles. The lowest BCUT2D eigenvalue weighted by atomic mass is 9.95. The summed E-state index contributed by atoms with van der Waals surface area (Å²) < 4.78 is 0. The Morgan fingerprint density at radius 1 is 1.12 bits per heavy atom. The van der Waals surface area contributed by atoms with Gasteiger partial charge in [-0.15, -0.1) is 0 Å². The van der Waals surface area contributed by atoms with Gasteiger partial charge in [0.05, 0.1) is 15.8 Å². The molecule has 1 aromatic carbocycles. The van der Waals surface area contributed by atoms with Gasteiger partial charge in [-0.3, -0.25) is 4.79 Å². The van der Waals surface area contributed by atoms with Crippen molar-refractivity contribution < 1.29 is 4.79 Å². The van der Waals surface area contributed by atoms with Crippen LogP contribution >= 0.6 is 11.8 Å². The number of carbonyl (C=O) groups is 1. The van der Waals surface area contributed by atoms with Crippen molar-refractivity contribution in [1.29, 1.82) is 0 Å². The topological polar surface area (TPSA) is 42.0 Å². The molecule has 4 heteroatoms. The van der Waals surface area contributed by atoms with Gasteiger partial charge in [-0.25, -0.2) is 4.98 Å². The molecule has 0 spiro atoms. The van der Waals surface area contributed by atoms with Crippen LogP contribution < -0.4 is 5.32 Å². The summed E-state index contributed by atoms with van der Waals surface area (Å²) in [5.41, 5.74) is 4.72. The molecule has 1 unspecified atom stereocenters. The second-order valence-electron chi connectivity index (χ2n) is 7.36. The molecule has 1 saturated carbocycles. The first-order valence-electron chi connectivity index (χ1n) is 9.29. The maximum Gasteiger partial charge on any atom is 0.233 e. The number of hydrogen-bond acceptors (Lipinski definition) is 3. The highest BCUT2D eigenvalue weighted by Gasteiger charge is 2.21. The number of nitrogens with zero attached hydrogens (tertiary/aromatic N) is 1. The van der Waals surface area contributed by atoms with Crippen LogP contribution in [0.4, 0.5) is 0 Å². The van der Waals surface area contributed by atoms with E-state index in [0.717, 1.165) is 23.4 Å². The van der Waals surface area contributed by atoms with Gasteiger partial charge in [-0.2, -0.15) is 0 Å². The molecule has 1 fully saturated rings. The Morgan fingerprint density at radius 2 is 1.84 bits per heavy atom. The van der Waals surface area contributed by atoms with Crippen LogP contribution in [0.5, 0.6) is 0 Å². The number of hydrogen-bond donors (Lipinski definition) is 1. The zero-order chi connectivity index (χ0) is 18.0. The zero-order valence-electron chi connectivity index (χ0n) is 15.7. The van der Waals surface area contributed by atoms with Crippen molar-refractivity contribution in [2.45, 2.75) is 76.1 Å². The molecule has 0 aliphatic heterocycles. The summed E-state index contributed by atoms with van der Waals surface area (Å²) in [5, 5.41) is 5.24. The Labute approximate surface area is 155 Å². The second kappa shape index (κ2) is 7.77. The fourth-order valence-electron chi connectivity index (χ4n) is 3.67. The quantitative estimate of drug-likeness (QED) is 0.776. The van der Waals surface area contributed by atoms with Crippen molar-refractivity contribution in [3.05, 3.63) is 34.9 Å². The summed E-state index contributed by atoms with van der Waals surface area (Å²) in [7, 11) is 0. The molecule has 3 rings (SSSR count). The summed E-state index contributed by atoms with van der Waals surface area (Å²) in [4.78, 5) is 17.3. The van der Waals surface area contributed by atoms with E-state index in [-0.39, 0.29) is 11.2 Å². The molecule has 2 aromatic rings. The molecule has 1 amide bonds. The average molecular weight is 357 g/mol. The summed E-state index contributed by atoms with van der Waals surface area (Å²) in [6, 6.07) is 6.83. The smallest absolute Gasteiger partial charge is 0.233 e. The van der Waals surface area contributed by atoms with Crippen molar-refractivity contribution >= 4 is 28.6 Å². The van der Waals surface area contributed by atoms with Gasteiger partial charge in [0.1, 0.15) is 0 Å². The van der Waals surface area contributed by atoms with Crippen LogP contribution in [0.2, 0.25) is 0 Å². The number of thioether (sulfide) groups is 1. The summed E-state index contributed by atoms with van der Waals surface area (Å²) >= 11 is 1.56. The van der Waals surface area contributed by atoms with Crippen LogP contribution in [0, 0.1) is 20.8 Å². The Kier molecular flexibility index (Phi) is 5.67. The molecule has 1 heterocycles. The number of aryl methyl sites for hydroxylation is 3. The minimum atomic E-state index is -0.128. The van der Waals surface area contributed by atoms with E-state index in [0.29, 0.717) is 6.04 Å². The molecular formula is C21H28N2OS. The lowest BCUT2D eigenvalue weighted by Crippen LogP contribution is -2.40. The molecule has 1 aliphatic carbocycles. The van der Waals surface area contributed by atoms with Gasteiger partial charge < -0.3 is 5.32 Å². The predicted molar refractivity (Wildman–Crippen MR) is 106 cm³/mol. The fourth-order valence-corrected chi connectivity index (χ4v) is 4.60. The fraction of sp³-hybridized carbons (Fsp3) is 0.524. The minimum absolute atomic E-state index is 0.128. The highest BCUT2D eigenvalue weighted by molar-refractivity contribution is 8.00. The van der Waals surface area contributed by atoms with Gasteiger partial charge in [0.15, 0.2) is 0 Å². The number of fused-ring (bicyclic) bond motifs is 1. The monoisotopic (exact) mass is 356 g/mol. The molecular weight excluding hydrogens is 328 g/mol. The van der Waals surface area contributed by atoms with E-state index >= 15 is 0 Å². The highest BCUT2D eigenvalue weighted by atomic mass is 32.2. The standard InChI is InChI=1S/C21H28N2OS/c1-13-10-15(3)20-18(11-13)14(2)12-19(23-20)25-16(4)21(24)22-17-8-6-5-7-9-17/h10-12,16-17H,5-9H2,1-4H3,(H,22,24). The number of benzene rings is 1. The molecule has 0 radical (unpaired) electrons. The number of nitrogens with one attached hydrogen (secondary N) is 1. The van der Waals surface area contributed by atoms with Crippen molar-refractivity contribution in [2.75, 3.05) is 0 Å². The van der Waals surface area contributed by atoms with Gasteiger partial charge in [0, 0.05) is 11.4 Å². The lowest BCUT2D eigenvalue weighted by Gasteiger charge is -2.24. The van der Waals surface area contributed by atoms with E-state index in [1.54, 1.807) is 11.8 Å². The molecule has 1 aliphatic rings. The second-order valence-corrected chi connectivity index (χ2v) is 8.72. The van der Waals surface area contributed by atoms with Crippen LogP contribution in [0.3, 0.4) is 0 Å².